The number of ether oxygens (including phenoxy) is 3. The predicted molar refractivity (Wildman–Crippen MR) is 69.7 cm³/mol. The zero-order chi connectivity index (χ0) is 15.9. The number of hydrogen-bond donors (Lipinski definition) is 0. The van der Waals surface area contributed by atoms with E-state index in [-0.39, 0.29) is 17.1 Å². The van der Waals surface area contributed by atoms with Crippen LogP contribution in [0.1, 0.15) is 5.56 Å². The third kappa shape index (κ3) is 5.06. The second-order valence-electron chi connectivity index (χ2n) is 4.27. The molecule has 0 spiro atoms. The predicted octanol–water partition coefficient (Wildman–Crippen LogP) is 2.56. The first-order valence-corrected chi connectivity index (χ1v) is 6.45. The highest BCUT2D eigenvalue weighted by Crippen LogP contribution is 2.26. The van der Waals surface area contributed by atoms with Crippen LogP contribution in [0.15, 0.2) is 23.3 Å². The molecule has 0 bridgehead atoms. The van der Waals surface area contributed by atoms with Crippen molar-refractivity contribution in [2.45, 2.75) is 13.2 Å². The number of alkyl halides is 4. The van der Waals surface area contributed by atoms with Crippen LogP contribution in [-0.4, -0.2) is 50.7 Å². The zero-order valence-corrected chi connectivity index (χ0v) is 11.4. The fourth-order valence-electron chi connectivity index (χ4n) is 1.81. The fraction of sp³-hybridized carbons (Fsp3) is 0.462. The third-order valence-corrected chi connectivity index (χ3v) is 2.77. The van der Waals surface area contributed by atoms with Crippen molar-refractivity contribution in [1.29, 1.82) is 0 Å². The van der Waals surface area contributed by atoms with E-state index in [0.717, 1.165) is 6.07 Å². The highest BCUT2D eigenvalue weighted by molar-refractivity contribution is 5.83. The first kappa shape index (κ1) is 16.3. The molecule has 1 aromatic carbocycles. The van der Waals surface area contributed by atoms with Crippen molar-refractivity contribution in [2.75, 3.05) is 26.3 Å². The number of halogens is 4. The molecule has 0 unspecified atom stereocenters. The molecule has 1 aliphatic rings. The summed E-state index contributed by atoms with van der Waals surface area (Å²) >= 11 is 0. The van der Waals surface area contributed by atoms with Gasteiger partial charge in [0.2, 0.25) is 0 Å². The van der Waals surface area contributed by atoms with E-state index in [9.17, 15) is 17.6 Å². The molecule has 0 aromatic heterocycles. The first-order chi connectivity index (χ1) is 10.5. The Labute approximate surface area is 124 Å². The van der Waals surface area contributed by atoms with Gasteiger partial charge in [-0.05, 0) is 12.1 Å². The van der Waals surface area contributed by atoms with E-state index >= 15 is 0 Å². The molecule has 0 radical (unpaired) electrons. The summed E-state index contributed by atoms with van der Waals surface area (Å²) in [7, 11) is 0. The Morgan fingerprint density at radius 2 is 1.77 bits per heavy atom. The third-order valence-electron chi connectivity index (χ3n) is 2.77. The van der Waals surface area contributed by atoms with Gasteiger partial charge in [0, 0.05) is 11.6 Å². The monoisotopic (exact) mass is 322 g/mol. The highest BCUT2D eigenvalue weighted by Gasteiger charge is 2.13. The number of morpholine rings is 1. The normalized spacial score (nSPS) is 15.8. The van der Waals surface area contributed by atoms with Gasteiger partial charge in [0.1, 0.15) is 11.5 Å². The van der Waals surface area contributed by atoms with Crippen LogP contribution in [0, 0.1) is 0 Å². The van der Waals surface area contributed by atoms with Crippen LogP contribution in [-0.2, 0) is 4.74 Å². The average Bonchev–Trinajstić information content (AvgIpc) is 2.46. The van der Waals surface area contributed by atoms with Crippen molar-refractivity contribution in [2.24, 2.45) is 5.10 Å². The van der Waals surface area contributed by atoms with E-state index in [4.69, 9.17) is 4.74 Å². The molecule has 2 rings (SSSR count). The van der Waals surface area contributed by atoms with Crippen molar-refractivity contribution in [3.63, 3.8) is 0 Å². The van der Waals surface area contributed by atoms with Crippen LogP contribution < -0.4 is 9.47 Å². The standard InChI is InChI=1S/C13H14F4N2O3/c14-12(15)21-10-2-1-9(11(7-10)22-13(16)17)8-18-19-3-5-20-6-4-19/h1-2,7-8,12-13H,3-6H2/b18-8-. The van der Waals surface area contributed by atoms with Gasteiger partial charge in [-0.2, -0.15) is 22.7 Å². The summed E-state index contributed by atoms with van der Waals surface area (Å²) in [6.45, 7) is -3.93. The van der Waals surface area contributed by atoms with Crippen LogP contribution in [0.25, 0.3) is 0 Å². The minimum Gasteiger partial charge on any atom is -0.435 e. The quantitative estimate of drug-likeness (QED) is 0.596. The van der Waals surface area contributed by atoms with Gasteiger partial charge in [-0.25, -0.2) is 0 Å². The summed E-state index contributed by atoms with van der Waals surface area (Å²) in [5.74, 6) is -0.556. The van der Waals surface area contributed by atoms with Crippen molar-refractivity contribution < 1.29 is 31.8 Å². The average molecular weight is 322 g/mol. The lowest BCUT2D eigenvalue weighted by atomic mass is 10.2. The number of hydrazone groups is 1. The van der Waals surface area contributed by atoms with Gasteiger partial charge in [-0.3, -0.25) is 5.01 Å². The number of benzene rings is 1. The minimum atomic E-state index is -3.09. The maximum Gasteiger partial charge on any atom is 0.387 e. The molecule has 0 atom stereocenters. The SMILES string of the molecule is FC(F)Oc1ccc(/C=N\N2CCOCC2)c(OC(F)F)c1. The first-order valence-electron chi connectivity index (χ1n) is 6.45. The smallest absolute Gasteiger partial charge is 0.387 e. The van der Waals surface area contributed by atoms with E-state index in [1.54, 1.807) is 5.01 Å². The lowest BCUT2D eigenvalue weighted by Gasteiger charge is -2.23. The zero-order valence-electron chi connectivity index (χ0n) is 11.4. The van der Waals surface area contributed by atoms with Gasteiger partial charge in [0.15, 0.2) is 0 Å². The maximum atomic E-state index is 12.4. The van der Waals surface area contributed by atoms with E-state index in [1.807, 2.05) is 0 Å². The van der Waals surface area contributed by atoms with Gasteiger partial charge in [0.25, 0.3) is 0 Å². The summed E-state index contributed by atoms with van der Waals surface area (Å²) in [5.41, 5.74) is 0.230. The Kier molecular flexibility index (Phi) is 5.82. The molecule has 0 saturated carbocycles. The molecule has 1 heterocycles. The Balaban J connectivity index is 2.15. The number of nitrogens with zero attached hydrogens (tertiary/aromatic N) is 2. The molecule has 122 valence electrons. The van der Waals surface area contributed by atoms with Gasteiger partial charge >= 0.3 is 13.2 Å². The highest BCUT2D eigenvalue weighted by atomic mass is 19.3. The van der Waals surface area contributed by atoms with Gasteiger partial charge in [-0.15, -0.1) is 0 Å². The van der Waals surface area contributed by atoms with Gasteiger partial charge in [-0.1, -0.05) is 0 Å². The Bertz CT molecular complexity index is 508. The summed E-state index contributed by atoms with van der Waals surface area (Å²) in [6, 6.07) is 3.52. The largest absolute Gasteiger partial charge is 0.435 e. The molecular weight excluding hydrogens is 308 g/mol. The van der Waals surface area contributed by atoms with Crippen molar-refractivity contribution >= 4 is 6.21 Å². The molecule has 1 fully saturated rings. The molecule has 22 heavy (non-hydrogen) atoms. The Morgan fingerprint density at radius 3 is 2.41 bits per heavy atom. The molecule has 5 nitrogen and oxygen atoms in total. The maximum absolute atomic E-state index is 12.4. The van der Waals surface area contributed by atoms with Crippen molar-refractivity contribution in [3.05, 3.63) is 23.8 Å². The molecule has 9 heteroatoms. The summed E-state index contributed by atoms with van der Waals surface area (Å²) in [6.07, 6.45) is 1.33. The molecule has 0 amide bonds. The van der Waals surface area contributed by atoms with E-state index in [0.29, 0.717) is 26.3 Å². The van der Waals surface area contributed by atoms with Crippen LogP contribution in [0.4, 0.5) is 17.6 Å². The second kappa shape index (κ2) is 7.83. The van der Waals surface area contributed by atoms with E-state index < -0.39 is 13.2 Å². The number of hydrogen-bond acceptors (Lipinski definition) is 5. The summed E-state index contributed by atoms with van der Waals surface area (Å²) in [5, 5.41) is 5.83. The van der Waals surface area contributed by atoms with Crippen LogP contribution in [0.3, 0.4) is 0 Å². The minimum absolute atomic E-state index is 0.230. The Hall–Kier alpha value is -2.03. The lowest BCUT2D eigenvalue weighted by Crippen LogP contribution is -2.32. The van der Waals surface area contributed by atoms with Crippen molar-refractivity contribution in [3.8, 4) is 11.5 Å². The number of rotatable bonds is 6. The molecule has 0 aliphatic carbocycles. The van der Waals surface area contributed by atoms with E-state index in [2.05, 4.69) is 14.6 Å². The van der Waals surface area contributed by atoms with E-state index in [1.165, 1.54) is 18.3 Å². The molecule has 0 N–H and O–H groups in total. The molecular formula is C13H14F4N2O3. The molecule has 1 aliphatic heterocycles. The summed E-state index contributed by atoms with van der Waals surface area (Å²) in [4.78, 5) is 0. The molecule has 1 saturated heterocycles. The van der Waals surface area contributed by atoms with Gasteiger partial charge < -0.3 is 14.2 Å². The lowest BCUT2D eigenvalue weighted by molar-refractivity contribution is -0.0543. The van der Waals surface area contributed by atoms with Crippen LogP contribution in [0.2, 0.25) is 0 Å². The summed E-state index contributed by atoms with van der Waals surface area (Å²) < 4.78 is 62.7. The topological polar surface area (TPSA) is 43.3 Å². The molecule has 1 aromatic rings. The Morgan fingerprint density at radius 1 is 1.09 bits per heavy atom. The fourth-order valence-corrected chi connectivity index (χ4v) is 1.81. The van der Waals surface area contributed by atoms with Crippen LogP contribution in [0.5, 0.6) is 11.5 Å². The second-order valence-corrected chi connectivity index (χ2v) is 4.27. The van der Waals surface area contributed by atoms with Crippen molar-refractivity contribution in [1.82, 2.24) is 5.01 Å². The van der Waals surface area contributed by atoms with Gasteiger partial charge in [0.05, 0.1) is 32.5 Å². The van der Waals surface area contributed by atoms with Crippen LogP contribution >= 0.6 is 0 Å².